The van der Waals surface area contributed by atoms with E-state index in [1.165, 1.54) is 6.42 Å². The maximum absolute atomic E-state index is 5.32. The minimum Gasteiger partial charge on any atom is -0.496 e. The smallest absolute Gasteiger partial charge is 0.184 e. The molecule has 1 aromatic carbocycles. The zero-order valence-electron chi connectivity index (χ0n) is 10.3. The average molecular weight is 244 g/mol. The van der Waals surface area contributed by atoms with Crippen LogP contribution in [0, 0.1) is 0 Å². The summed E-state index contributed by atoms with van der Waals surface area (Å²) in [6.45, 7) is 1.05. The van der Waals surface area contributed by atoms with E-state index in [1.807, 2.05) is 24.3 Å². The van der Waals surface area contributed by atoms with Gasteiger partial charge in [-0.1, -0.05) is 12.1 Å². The molecule has 0 bridgehead atoms. The lowest BCUT2D eigenvalue weighted by Gasteiger charge is -2.05. The summed E-state index contributed by atoms with van der Waals surface area (Å²) in [5, 5.41) is 10.7. The largest absolute Gasteiger partial charge is 0.496 e. The van der Waals surface area contributed by atoms with Crippen LogP contribution in [-0.2, 0) is 0 Å². The first-order valence-corrected chi connectivity index (χ1v) is 6.17. The normalized spacial score (nSPS) is 19.1. The standard InChI is InChI=1S/C13H16N4O/c1-18-11-7-3-2-5-9(11)12-15-13(17-16-12)10-6-4-8-14-10/h2-3,5,7,10,14H,4,6,8H2,1H3,(H,15,16,17). The van der Waals surface area contributed by atoms with Crippen LogP contribution in [0.15, 0.2) is 24.3 Å². The van der Waals surface area contributed by atoms with Crippen molar-refractivity contribution in [3.63, 3.8) is 0 Å². The van der Waals surface area contributed by atoms with E-state index >= 15 is 0 Å². The highest BCUT2D eigenvalue weighted by molar-refractivity contribution is 5.63. The van der Waals surface area contributed by atoms with Gasteiger partial charge in [0, 0.05) is 0 Å². The van der Waals surface area contributed by atoms with Crippen molar-refractivity contribution >= 4 is 0 Å². The molecule has 1 aromatic heterocycles. The van der Waals surface area contributed by atoms with Gasteiger partial charge < -0.3 is 10.1 Å². The number of methoxy groups -OCH3 is 1. The summed E-state index contributed by atoms with van der Waals surface area (Å²) in [5.41, 5.74) is 0.917. The number of benzene rings is 1. The third-order valence-corrected chi connectivity index (χ3v) is 3.24. The van der Waals surface area contributed by atoms with E-state index < -0.39 is 0 Å². The highest BCUT2D eigenvalue weighted by atomic mass is 16.5. The van der Waals surface area contributed by atoms with Crippen molar-refractivity contribution in [1.82, 2.24) is 20.5 Å². The summed E-state index contributed by atoms with van der Waals surface area (Å²) in [6, 6.07) is 8.09. The number of nitrogens with one attached hydrogen (secondary N) is 2. The van der Waals surface area contributed by atoms with E-state index in [1.54, 1.807) is 7.11 Å². The molecule has 0 saturated carbocycles. The number of aromatic amines is 1. The topological polar surface area (TPSA) is 62.8 Å². The second kappa shape index (κ2) is 4.78. The molecule has 94 valence electrons. The second-order valence-corrected chi connectivity index (χ2v) is 4.39. The first-order valence-electron chi connectivity index (χ1n) is 6.17. The maximum Gasteiger partial charge on any atom is 0.184 e. The van der Waals surface area contributed by atoms with Crippen molar-refractivity contribution in [3.05, 3.63) is 30.1 Å². The predicted molar refractivity (Wildman–Crippen MR) is 68.3 cm³/mol. The van der Waals surface area contributed by atoms with E-state index in [-0.39, 0.29) is 0 Å². The summed E-state index contributed by atoms with van der Waals surface area (Å²) >= 11 is 0. The molecule has 0 amide bonds. The Morgan fingerprint density at radius 3 is 3.00 bits per heavy atom. The molecule has 1 aliphatic heterocycles. The monoisotopic (exact) mass is 244 g/mol. The number of hydrogen-bond donors (Lipinski definition) is 2. The Morgan fingerprint density at radius 1 is 1.33 bits per heavy atom. The van der Waals surface area contributed by atoms with Gasteiger partial charge in [-0.15, -0.1) is 0 Å². The van der Waals surface area contributed by atoms with E-state index in [4.69, 9.17) is 4.74 Å². The summed E-state index contributed by atoms with van der Waals surface area (Å²) in [7, 11) is 1.66. The Bertz CT molecular complexity index is 531. The molecule has 0 radical (unpaired) electrons. The van der Waals surface area contributed by atoms with Crippen molar-refractivity contribution in [2.75, 3.05) is 13.7 Å². The number of ether oxygens (including phenoxy) is 1. The molecule has 2 heterocycles. The van der Waals surface area contributed by atoms with E-state index in [2.05, 4.69) is 20.5 Å². The van der Waals surface area contributed by atoms with Crippen molar-refractivity contribution in [2.45, 2.75) is 18.9 Å². The van der Waals surface area contributed by atoms with Gasteiger partial charge in [0.05, 0.1) is 18.7 Å². The zero-order valence-corrected chi connectivity index (χ0v) is 10.3. The van der Waals surface area contributed by atoms with Gasteiger partial charge in [-0.3, -0.25) is 5.10 Å². The molecule has 2 N–H and O–H groups in total. The van der Waals surface area contributed by atoms with E-state index in [0.29, 0.717) is 11.9 Å². The minimum atomic E-state index is 0.306. The SMILES string of the molecule is COc1ccccc1-c1n[nH]c(C2CCCN2)n1. The molecular weight excluding hydrogens is 228 g/mol. The summed E-state index contributed by atoms with van der Waals surface area (Å²) in [5.74, 6) is 2.40. The molecule has 1 saturated heterocycles. The molecule has 3 rings (SSSR count). The number of H-pyrrole nitrogens is 1. The first-order chi connectivity index (χ1) is 8.88. The lowest BCUT2D eigenvalue weighted by Crippen LogP contribution is -2.14. The predicted octanol–water partition coefficient (Wildman–Crippen LogP) is 1.90. The van der Waals surface area contributed by atoms with Gasteiger partial charge in [0.2, 0.25) is 0 Å². The molecule has 1 unspecified atom stereocenters. The second-order valence-electron chi connectivity index (χ2n) is 4.39. The Morgan fingerprint density at radius 2 is 2.22 bits per heavy atom. The Balaban J connectivity index is 1.92. The lowest BCUT2D eigenvalue weighted by atomic mass is 10.2. The van der Waals surface area contributed by atoms with Gasteiger partial charge in [0.15, 0.2) is 5.82 Å². The molecule has 0 spiro atoms. The molecular formula is C13H16N4O. The van der Waals surface area contributed by atoms with Crippen LogP contribution < -0.4 is 10.1 Å². The third-order valence-electron chi connectivity index (χ3n) is 3.24. The summed E-state index contributed by atoms with van der Waals surface area (Å²) in [4.78, 5) is 4.56. The number of para-hydroxylation sites is 1. The molecule has 1 atom stereocenters. The quantitative estimate of drug-likeness (QED) is 0.865. The lowest BCUT2D eigenvalue weighted by molar-refractivity contribution is 0.416. The fourth-order valence-corrected chi connectivity index (χ4v) is 2.30. The number of rotatable bonds is 3. The van der Waals surface area contributed by atoms with Crippen LogP contribution in [0.4, 0.5) is 0 Å². The van der Waals surface area contributed by atoms with Gasteiger partial charge in [-0.25, -0.2) is 4.98 Å². The van der Waals surface area contributed by atoms with Crippen LogP contribution >= 0.6 is 0 Å². The van der Waals surface area contributed by atoms with Crippen LogP contribution in [-0.4, -0.2) is 28.8 Å². The van der Waals surface area contributed by atoms with E-state index in [0.717, 1.165) is 30.1 Å². The Labute approximate surface area is 106 Å². The van der Waals surface area contributed by atoms with Crippen molar-refractivity contribution in [3.8, 4) is 17.1 Å². The van der Waals surface area contributed by atoms with Gasteiger partial charge >= 0.3 is 0 Å². The molecule has 1 fully saturated rings. The van der Waals surface area contributed by atoms with Crippen molar-refractivity contribution < 1.29 is 4.74 Å². The molecule has 1 aliphatic rings. The zero-order chi connectivity index (χ0) is 12.4. The molecule has 18 heavy (non-hydrogen) atoms. The fraction of sp³-hybridized carbons (Fsp3) is 0.385. The maximum atomic E-state index is 5.32. The first kappa shape index (κ1) is 11.2. The Kier molecular flexibility index (Phi) is 2.98. The highest BCUT2D eigenvalue weighted by Gasteiger charge is 2.20. The number of nitrogens with zero attached hydrogens (tertiary/aromatic N) is 2. The fourth-order valence-electron chi connectivity index (χ4n) is 2.30. The Hall–Kier alpha value is -1.88. The van der Waals surface area contributed by atoms with Gasteiger partial charge in [-0.05, 0) is 31.5 Å². The van der Waals surface area contributed by atoms with Crippen molar-refractivity contribution in [2.24, 2.45) is 0 Å². The minimum absolute atomic E-state index is 0.306. The van der Waals surface area contributed by atoms with Gasteiger partial charge in [0.1, 0.15) is 11.6 Å². The molecule has 2 aromatic rings. The highest BCUT2D eigenvalue weighted by Crippen LogP contribution is 2.28. The van der Waals surface area contributed by atoms with Crippen LogP contribution in [0.5, 0.6) is 5.75 Å². The molecule has 5 heteroatoms. The summed E-state index contributed by atoms with van der Waals surface area (Å²) < 4.78 is 5.32. The van der Waals surface area contributed by atoms with Crippen LogP contribution in [0.2, 0.25) is 0 Å². The van der Waals surface area contributed by atoms with Gasteiger partial charge in [-0.2, -0.15) is 5.10 Å². The average Bonchev–Trinajstić information content (AvgIpc) is 3.09. The number of aromatic nitrogens is 3. The molecule has 0 aliphatic carbocycles. The van der Waals surface area contributed by atoms with Crippen LogP contribution in [0.1, 0.15) is 24.7 Å². The van der Waals surface area contributed by atoms with Crippen molar-refractivity contribution in [1.29, 1.82) is 0 Å². The summed E-state index contributed by atoms with van der Waals surface area (Å²) in [6.07, 6.45) is 2.30. The van der Waals surface area contributed by atoms with Crippen LogP contribution in [0.25, 0.3) is 11.4 Å². The third kappa shape index (κ3) is 1.97. The van der Waals surface area contributed by atoms with Gasteiger partial charge in [0.25, 0.3) is 0 Å². The number of hydrogen-bond acceptors (Lipinski definition) is 4. The van der Waals surface area contributed by atoms with Crippen LogP contribution in [0.3, 0.4) is 0 Å². The molecule has 5 nitrogen and oxygen atoms in total. The van der Waals surface area contributed by atoms with E-state index in [9.17, 15) is 0 Å².